The van der Waals surface area contributed by atoms with E-state index in [4.69, 9.17) is 4.74 Å². The third kappa shape index (κ3) is 5.15. The van der Waals surface area contributed by atoms with Gasteiger partial charge < -0.3 is 9.64 Å². The van der Waals surface area contributed by atoms with E-state index in [1.165, 1.54) is 4.90 Å². The Hall–Kier alpha value is -1.84. The van der Waals surface area contributed by atoms with E-state index in [1.807, 2.05) is 30.3 Å². The maximum Gasteiger partial charge on any atom is 0.306 e. The first-order valence-electron chi connectivity index (χ1n) is 5.49. The minimum Gasteiger partial charge on any atom is -0.456 e. The molecule has 0 saturated heterocycles. The molecule has 0 heterocycles. The lowest BCUT2D eigenvalue weighted by molar-refractivity contribution is -0.151. The average molecular weight is 235 g/mol. The Labute approximate surface area is 101 Å². The molecule has 0 atom stereocenters. The van der Waals surface area contributed by atoms with Crippen LogP contribution in [0, 0.1) is 0 Å². The number of likely N-dealkylation sites (N-methyl/N-ethyl adjacent to an activating group) is 1. The molecule has 0 saturated carbocycles. The van der Waals surface area contributed by atoms with E-state index in [0.29, 0.717) is 12.8 Å². The van der Waals surface area contributed by atoms with Crippen LogP contribution in [0.1, 0.15) is 12.0 Å². The van der Waals surface area contributed by atoms with Crippen LogP contribution in [-0.2, 0) is 20.7 Å². The fourth-order valence-electron chi connectivity index (χ4n) is 1.23. The van der Waals surface area contributed by atoms with E-state index >= 15 is 0 Å². The van der Waals surface area contributed by atoms with Gasteiger partial charge in [0.25, 0.3) is 5.91 Å². The number of rotatable bonds is 5. The molecule has 1 amide bonds. The number of hydrogen-bond acceptors (Lipinski definition) is 3. The van der Waals surface area contributed by atoms with E-state index < -0.39 is 0 Å². The van der Waals surface area contributed by atoms with Gasteiger partial charge in [-0.3, -0.25) is 9.59 Å². The van der Waals surface area contributed by atoms with E-state index in [-0.39, 0.29) is 18.5 Å². The van der Waals surface area contributed by atoms with Crippen LogP contribution in [0.2, 0.25) is 0 Å². The predicted octanol–water partition coefficient (Wildman–Crippen LogP) is 1.25. The lowest BCUT2D eigenvalue weighted by atomic mass is 10.1. The Morgan fingerprint density at radius 3 is 2.41 bits per heavy atom. The van der Waals surface area contributed by atoms with Crippen molar-refractivity contribution in [2.24, 2.45) is 0 Å². The minimum absolute atomic E-state index is 0.180. The summed E-state index contributed by atoms with van der Waals surface area (Å²) in [5, 5.41) is 0. The van der Waals surface area contributed by atoms with Crippen molar-refractivity contribution in [2.45, 2.75) is 12.8 Å². The molecular formula is C13H17NO3. The van der Waals surface area contributed by atoms with Crippen molar-refractivity contribution in [3.05, 3.63) is 35.9 Å². The summed E-state index contributed by atoms with van der Waals surface area (Å²) in [7, 11) is 3.25. The maximum absolute atomic E-state index is 11.4. The number of amides is 1. The zero-order chi connectivity index (χ0) is 12.7. The van der Waals surface area contributed by atoms with Crippen molar-refractivity contribution < 1.29 is 14.3 Å². The summed E-state index contributed by atoms with van der Waals surface area (Å²) in [4.78, 5) is 23.9. The first kappa shape index (κ1) is 13.2. The Bertz CT molecular complexity index is 374. The predicted molar refractivity (Wildman–Crippen MR) is 64.4 cm³/mol. The van der Waals surface area contributed by atoms with Gasteiger partial charge in [-0.25, -0.2) is 0 Å². The van der Waals surface area contributed by atoms with E-state index in [1.54, 1.807) is 14.1 Å². The molecule has 0 aromatic heterocycles. The van der Waals surface area contributed by atoms with Crippen LogP contribution < -0.4 is 0 Å². The SMILES string of the molecule is CN(C)C(=O)COC(=O)CCc1ccccc1. The van der Waals surface area contributed by atoms with Gasteiger partial charge in [0.2, 0.25) is 0 Å². The third-order valence-corrected chi connectivity index (χ3v) is 2.32. The standard InChI is InChI=1S/C13H17NO3/c1-14(2)12(15)10-17-13(16)9-8-11-6-4-3-5-7-11/h3-7H,8-10H2,1-2H3. The molecule has 4 nitrogen and oxygen atoms in total. The molecule has 0 bridgehead atoms. The summed E-state index contributed by atoms with van der Waals surface area (Å²) in [5.41, 5.74) is 1.09. The number of hydrogen-bond donors (Lipinski definition) is 0. The van der Waals surface area contributed by atoms with Gasteiger partial charge in [-0.1, -0.05) is 30.3 Å². The Morgan fingerprint density at radius 1 is 1.18 bits per heavy atom. The number of ether oxygens (including phenoxy) is 1. The van der Waals surface area contributed by atoms with E-state index in [2.05, 4.69) is 0 Å². The van der Waals surface area contributed by atoms with Crippen LogP contribution in [0.15, 0.2) is 30.3 Å². The Balaban J connectivity index is 2.24. The van der Waals surface area contributed by atoms with Crippen molar-refractivity contribution in [3.63, 3.8) is 0 Å². The lowest BCUT2D eigenvalue weighted by Crippen LogP contribution is -2.27. The summed E-state index contributed by atoms with van der Waals surface area (Å²) >= 11 is 0. The van der Waals surface area contributed by atoms with Crippen LogP contribution in [-0.4, -0.2) is 37.5 Å². The van der Waals surface area contributed by atoms with E-state index in [9.17, 15) is 9.59 Å². The monoisotopic (exact) mass is 235 g/mol. The van der Waals surface area contributed by atoms with Gasteiger partial charge in [0.05, 0.1) is 0 Å². The van der Waals surface area contributed by atoms with E-state index in [0.717, 1.165) is 5.56 Å². The van der Waals surface area contributed by atoms with Crippen molar-refractivity contribution >= 4 is 11.9 Å². The number of carbonyl (C=O) groups excluding carboxylic acids is 2. The van der Waals surface area contributed by atoms with Gasteiger partial charge in [-0.15, -0.1) is 0 Å². The minimum atomic E-state index is -0.343. The number of aryl methyl sites for hydroxylation is 1. The van der Waals surface area contributed by atoms with Crippen LogP contribution in [0.25, 0.3) is 0 Å². The molecule has 1 rings (SSSR count). The molecule has 0 aliphatic rings. The molecular weight excluding hydrogens is 218 g/mol. The molecule has 17 heavy (non-hydrogen) atoms. The van der Waals surface area contributed by atoms with Crippen LogP contribution >= 0.6 is 0 Å². The smallest absolute Gasteiger partial charge is 0.306 e. The third-order valence-electron chi connectivity index (χ3n) is 2.32. The van der Waals surface area contributed by atoms with Crippen LogP contribution in [0.4, 0.5) is 0 Å². The Kier molecular flexibility index (Phi) is 5.20. The van der Waals surface area contributed by atoms with Crippen molar-refractivity contribution in [1.82, 2.24) is 4.90 Å². The normalized spacial score (nSPS) is 9.76. The second kappa shape index (κ2) is 6.68. The topological polar surface area (TPSA) is 46.6 Å². The quantitative estimate of drug-likeness (QED) is 0.722. The molecule has 92 valence electrons. The summed E-state index contributed by atoms with van der Waals surface area (Å²) < 4.78 is 4.86. The highest BCUT2D eigenvalue weighted by Gasteiger charge is 2.08. The van der Waals surface area contributed by atoms with Crippen molar-refractivity contribution in [1.29, 1.82) is 0 Å². The summed E-state index contributed by atoms with van der Waals surface area (Å²) in [6.07, 6.45) is 0.931. The first-order valence-corrected chi connectivity index (χ1v) is 5.49. The number of nitrogens with zero attached hydrogens (tertiary/aromatic N) is 1. The van der Waals surface area contributed by atoms with Gasteiger partial charge in [-0.2, -0.15) is 0 Å². The van der Waals surface area contributed by atoms with Gasteiger partial charge in [0, 0.05) is 20.5 Å². The largest absolute Gasteiger partial charge is 0.456 e. The molecule has 0 aliphatic heterocycles. The molecule has 0 radical (unpaired) electrons. The number of esters is 1. The number of carbonyl (C=O) groups is 2. The summed E-state index contributed by atoms with van der Waals surface area (Å²) in [6.45, 7) is -0.180. The highest BCUT2D eigenvalue weighted by atomic mass is 16.5. The zero-order valence-corrected chi connectivity index (χ0v) is 10.2. The molecule has 0 unspecified atom stereocenters. The van der Waals surface area contributed by atoms with Crippen molar-refractivity contribution in [3.8, 4) is 0 Å². The van der Waals surface area contributed by atoms with Crippen molar-refractivity contribution in [2.75, 3.05) is 20.7 Å². The maximum atomic E-state index is 11.4. The fraction of sp³-hybridized carbons (Fsp3) is 0.385. The number of benzene rings is 1. The van der Waals surface area contributed by atoms with Gasteiger partial charge in [0.15, 0.2) is 6.61 Å². The van der Waals surface area contributed by atoms with Crippen LogP contribution in [0.3, 0.4) is 0 Å². The highest BCUT2D eigenvalue weighted by molar-refractivity contribution is 5.80. The molecule has 0 N–H and O–H groups in total. The van der Waals surface area contributed by atoms with Gasteiger partial charge in [-0.05, 0) is 12.0 Å². The highest BCUT2D eigenvalue weighted by Crippen LogP contribution is 2.03. The zero-order valence-electron chi connectivity index (χ0n) is 10.2. The molecule has 4 heteroatoms. The molecule has 1 aromatic carbocycles. The molecule has 0 spiro atoms. The molecule has 1 aromatic rings. The average Bonchev–Trinajstić information content (AvgIpc) is 2.34. The van der Waals surface area contributed by atoms with Crippen LogP contribution in [0.5, 0.6) is 0 Å². The molecule has 0 fully saturated rings. The summed E-state index contributed by atoms with van der Waals surface area (Å²) in [5.74, 6) is -0.554. The van der Waals surface area contributed by atoms with Gasteiger partial charge in [0.1, 0.15) is 0 Å². The van der Waals surface area contributed by atoms with Gasteiger partial charge >= 0.3 is 5.97 Å². The fourth-order valence-corrected chi connectivity index (χ4v) is 1.23. The second-order valence-corrected chi connectivity index (χ2v) is 3.93. The molecule has 0 aliphatic carbocycles. The lowest BCUT2D eigenvalue weighted by Gasteiger charge is -2.10. The Morgan fingerprint density at radius 2 is 1.82 bits per heavy atom. The second-order valence-electron chi connectivity index (χ2n) is 3.93. The first-order chi connectivity index (χ1) is 8.09. The summed E-state index contributed by atoms with van der Waals surface area (Å²) in [6, 6.07) is 9.69.